The first-order valence-corrected chi connectivity index (χ1v) is 5.78. The number of nitrogen functional groups attached to an aromatic ring is 1. The van der Waals surface area contributed by atoms with E-state index in [4.69, 9.17) is 10.5 Å². The van der Waals surface area contributed by atoms with Gasteiger partial charge in [-0.2, -0.15) is 0 Å². The quantitative estimate of drug-likeness (QED) is 0.519. The Hall–Kier alpha value is -2.56. The number of nitrogens with two attached hydrogens (primary N) is 1. The fraction of sp³-hybridized carbons (Fsp3) is 0.143. The molecule has 5 heteroatoms. The molecule has 0 fully saturated rings. The van der Waals surface area contributed by atoms with Crippen LogP contribution in [0.2, 0.25) is 0 Å². The molecule has 19 heavy (non-hydrogen) atoms. The number of ether oxygens (including phenoxy) is 1. The number of rotatable bonds is 4. The third-order valence-corrected chi connectivity index (χ3v) is 2.71. The zero-order valence-corrected chi connectivity index (χ0v) is 10.5. The molecule has 0 radical (unpaired) electrons. The summed E-state index contributed by atoms with van der Waals surface area (Å²) in [6, 6.07) is 11.8. The van der Waals surface area contributed by atoms with Crippen molar-refractivity contribution in [2.24, 2.45) is 0 Å². The highest BCUT2D eigenvalue weighted by atomic mass is 16.6. The molecule has 0 aliphatic carbocycles. The van der Waals surface area contributed by atoms with Gasteiger partial charge in [-0.25, -0.2) is 0 Å². The van der Waals surface area contributed by atoms with Crippen LogP contribution in [0.1, 0.15) is 11.1 Å². The molecule has 2 rings (SSSR count). The van der Waals surface area contributed by atoms with Crippen LogP contribution in [0.15, 0.2) is 42.5 Å². The summed E-state index contributed by atoms with van der Waals surface area (Å²) in [6.45, 7) is 2.19. The van der Waals surface area contributed by atoms with E-state index in [0.717, 1.165) is 16.9 Å². The molecule has 0 saturated carbocycles. The Kier molecular flexibility index (Phi) is 3.66. The van der Waals surface area contributed by atoms with E-state index in [1.54, 1.807) is 24.3 Å². The van der Waals surface area contributed by atoms with Crippen LogP contribution in [0.3, 0.4) is 0 Å². The second-order valence-corrected chi connectivity index (χ2v) is 4.24. The van der Waals surface area contributed by atoms with E-state index >= 15 is 0 Å². The largest absolute Gasteiger partial charge is 0.489 e. The number of nitro groups is 1. The third kappa shape index (κ3) is 3.22. The highest BCUT2D eigenvalue weighted by Crippen LogP contribution is 2.22. The fourth-order valence-electron chi connectivity index (χ4n) is 1.76. The molecule has 0 spiro atoms. The lowest BCUT2D eigenvalue weighted by Crippen LogP contribution is -1.98. The van der Waals surface area contributed by atoms with Crippen molar-refractivity contribution in [2.45, 2.75) is 13.5 Å². The molecule has 0 aliphatic rings. The summed E-state index contributed by atoms with van der Waals surface area (Å²) in [4.78, 5) is 10.3. The average Bonchev–Trinajstić information content (AvgIpc) is 2.38. The zero-order chi connectivity index (χ0) is 13.8. The van der Waals surface area contributed by atoms with Gasteiger partial charge < -0.3 is 10.5 Å². The molecular weight excluding hydrogens is 244 g/mol. The van der Waals surface area contributed by atoms with Gasteiger partial charge in [0.2, 0.25) is 0 Å². The van der Waals surface area contributed by atoms with Crippen LogP contribution in [-0.4, -0.2) is 4.92 Å². The predicted octanol–water partition coefficient (Wildman–Crippen LogP) is 3.06. The Morgan fingerprint density at radius 3 is 2.74 bits per heavy atom. The summed E-state index contributed by atoms with van der Waals surface area (Å²) in [5.41, 5.74) is 8.09. The van der Waals surface area contributed by atoms with Crippen LogP contribution in [-0.2, 0) is 6.61 Å². The maximum Gasteiger partial charge on any atom is 0.269 e. The number of nitro benzene ring substituents is 1. The molecule has 0 aromatic heterocycles. The minimum Gasteiger partial charge on any atom is -0.489 e. The Morgan fingerprint density at radius 2 is 2.05 bits per heavy atom. The second kappa shape index (κ2) is 5.39. The minimum absolute atomic E-state index is 0.0649. The maximum absolute atomic E-state index is 10.7. The lowest BCUT2D eigenvalue weighted by molar-refractivity contribution is -0.384. The fourth-order valence-corrected chi connectivity index (χ4v) is 1.76. The number of hydrogen-bond donors (Lipinski definition) is 1. The van der Waals surface area contributed by atoms with Crippen LogP contribution in [0, 0.1) is 17.0 Å². The first kappa shape index (κ1) is 12.9. The highest BCUT2D eigenvalue weighted by molar-refractivity contribution is 5.47. The van der Waals surface area contributed by atoms with Crippen molar-refractivity contribution in [1.82, 2.24) is 0 Å². The van der Waals surface area contributed by atoms with Crippen molar-refractivity contribution in [1.29, 1.82) is 0 Å². The SMILES string of the molecule is Cc1cc(N)ccc1OCc1cccc([N+](=O)[O-])c1. The van der Waals surface area contributed by atoms with Crippen LogP contribution in [0.5, 0.6) is 5.75 Å². The molecule has 2 N–H and O–H groups in total. The van der Waals surface area contributed by atoms with Crippen LogP contribution < -0.4 is 10.5 Å². The molecule has 0 heterocycles. The molecule has 5 nitrogen and oxygen atoms in total. The summed E-state index contributed by atoms with van der Waals surface area (Å²) in [6.07, 6.45) is 0. The normalized spacial score (nSPS) is 10.2. The van der Waals surface area contributed by atoms with Crippen LogP contribution in [0.25, 0.3) is 0 Å². The molecule has 0 aliphatic heterocycles. The number of nitrogens with zero attached hydrogens (tertiary/aromatic N) is 1. The average molecular weight is 258 g/mol. The van der Waals surface area contributed by atoms with Gasteiger partial charge in [0.1, 0.15) is 12.4 Å². The first-order valence-electron chi connectivity index (χ1n) is 5.78. The monoisotopic (exact) mass is 258 g/mol. The number of non-ortho nitro benzene ring substituents is 1. The van der Waals surface area contributed by atoms with Gasteiger partial charge in [0.15, 0.2) is 0 Å². The van der Waals surface area contributed by atoms with Crippen molar-refractivity contribution in [2.75, 3.05) is 5.73 Å². The molecule has 0 bridgehead atoms. The Bertz CT molecular complexity index is 611. The van der Waals surface area contributed by atoms with Gasteiger partial charge >= 0.3 is 0 Å². The Balaban J connectivity index is 2.10. The highest BCUT2D eigenvalue weighted by Gasteiger charge is 2.06. The number of aryl methyl sites for hydroxylation is 1. The first-order chi connectivity index (χ1) is 9.06. The summed E-state index contributed by atoms with van der Waals surface area (Å²) >= 11 is 0. The summed E-state index contributed by atoms with van der Waals surface area (Å²) < 4.78 is 5.63. The summed E-state index contributed by atoms with van der Waals surface area (Å²) in [7, 11) is 0. The minimum atomic E-state index is -0.419. The van der Waals surface area contributed by atoms with Gasteiger partial charge in [-0.3, -0.25) is 10.1 Å². The van der Waals surface area contributed by atoms with Crippen molar-refractivity contribution in [3.8, 4) is 5.75 Å². The summed E-state index contributed by atoms with van der Waals surface area (Å²) in [5.74, 6) is 0.723. The standard InChI is InChI=1S/C14H14N2O3/c1-10-7-12(15)5-6-14(10)19-9-11-3-2-4-13(8-11)16(17)18/h2-8H,9,15H2,1H3. The van der Waals surface area contributed by atoms with Gasteiger partial charge in [-0.15, -0.1) is 0 Å². The van der Waals surface area contributed by atoms with E-state index < -0.39 is 4.92 Å². The predicted molar refractivity (Wildman–Crippen MR) is 73.0 cm³/mol. The number of benzene rings is 2. The van der Waals surface area contributed by atoms with Gasteiger partial charge in [-0.1, -0.05) is 12.1 Å². The smallest absolute Gasteiger partial charge is 0.269 e. The number of hydrogen-bond acceptors (Lipinski definition) is 4. The molecule has 0 amide bonds. The van der Waals surface area contributed by atoms with E-state index in [9.17, 15) is 10.1 Å². The van der Waals surface area contributed by atoms with Gasteiger partial charge in [0, 0.05) is 17.8 Å². The van der Waals surface area contributed by atoms with Crippen molar-refractivity contribution >= 4 is 11.4 Å². The molecule has 98 valence electrons. The second-order valence-electron chi connectivity index (χ2n) is 4.24. The lowest BCUT2D eigenvalue weighted by atomic mass is 10.2. The Labute approximate surface area is 110 Å². The Morgan fingerprint density at radius 1 is 1.26 bits per heavy atom. The topological polar surface area (TPSA) is 78.4 Å². The van der Waals surface area contributed by atoms with Crippen molar-refractivity contribution in [3.05, 3.63) is 63.7 Å². The van der Waals surface area contributed by atoms with Gasteiger partial charge in [0.05, 0.1) is 4.92 Å². The van der Waals surface area contributed by atoms with Crippen molar-refractivity contribution < 1.29 is 9.66 Å². The van der Waals surface area contributed by atoms with Crippen molar-refractivity contribution in [3.63, 3.8) is 0 Å². The third-order valence-electron chi connectivity index (χ3n) is 2.71. The van der Waals surface area contributed by atoms with Crippen LogP contribution in [0.4, 0.5) is 11.4 Å². The zero-order valence-electron chi connectivity index (χ0n) is 10.5. The molecular formula is C14H14N2O3. The molecule has 0 unspecified atom stereocenters. The maximum atomic E-state index is 10.7. The lowest BCUT2D eigenvalue weighted by Gasteiger charge is -2.09. The molecule has 2 aromatic rings. The van der Waals surface area contributed by atoms with Crippen LogP contribution >= 0.6 is 0 Å². The van der Waals surface area contributed by atoms with Gasteiger partial charge in [-0.05, 0) is 36.2 Å². The molecule has 2 aromatic carbocycles. The molecule has 0 atom stereocenters. The van der Waals surface area contributed by atoms with E-state index in [2.05, 4.69) is 0 Å². The summed E-state index contributed by atoms with van der Waals surface area (Å²) in [5, 5.41) is 10.7. The van der Waals surface area contributed by atoms with E-state index in [1.165, 1.54) is 12.1 Å². The van der Waals surface area contributed by atoms with E-state index in [-0.39, 0.29) is 12.3 Å². The molecule has 0 saturated heterocycles. The van der Waals surface area contributed by atoms with Gasteiger partial charge in [0.25, 0.3) is 5.69 Å². The van der Waals surface area contributed by atoms with E-state index in [0.29, 0.717) is 5.69 Å². The van der Waals surface area contributed by atoms with E-state index in [1.807, 2.05) is 13.0 Å². The number of anilines is 1.